The molecule has 2 rings (SSSR count). The Labute approximate surface area is 103 Å². The molecule has 4 heteroatoms. The van der Waals surface area contributed by atoms with E-state index >= 15 is 0 Å². The average Bonchev–Trinajstić information content (AvgIpc) is 2.43. The van der Waals surface area contributed by atoms with Crippen molar-refractivity contribution in [1.29, 1.82) is 0 Å². The van der Waals surface area contributed by atoms with Gasteiger partial charge in [0.15, 0.2) is 11.5 Å². The number of benzene rings is 1. The zero-order valence-corrected chi connectivity index (χ0v) is 11.3. The summed E-state index contributed by atoms with van der Waals surface area (Å²) in [7, 11) is 0. The summed E-state index contributed by atoms with van der Waals surface area (Å²) in [6, 6.07) is 3.66. The maximum atomic E-state index is 5.75. The van der Waals surface area contributed by atoms with Crippen LogP contribution in [0.25, 0.3) is 11.1 Å². The predicted molar refractivity (Wildman–Crippen MR) is 69.3 cm³/mol. The smallest absolute Gasteiger partial charge is 0.196 e. The molecule has 0 saturated heterocycles. The van der Waals surface area contributed by atoms with Gasteiger partial charge in [-0.05, 0) is 33.5 Å². The first-order valence-corrected chi connectivity index (χ1v) is 5.99. The quantitative estimate of drug-likeness (QED) is 0.811. The third-order valence-corrected chi connectivity index (χ3v) is 2.78. The highest BCUT2D eigenvalue weighted by molar-refractivity contribution is 9.10. The van der Waals surface area contributed by atoms with Crippen LogP contribution in [0.15, 0.2) is 21.0 Å². The molecular formula is C12H15BrN2O. The Hall–Kier alpha value is -1.03. The van der Waals surface area contributed by atoms with Crippen molar-refractivity contribution in [2.45, 2.75) is 27.2 Å². The highest BCUT2D eigenvalue weighted by Crippen LogP contribution is 2.29. The Kier molecular flexibility index (Phi) is 2.70. The van der Waals surface area contributed by atoms with E-state index in [0.717, 1.165) is 27.9 Å². The van der Waals surface area contributed by atoms with Crippen LogP contribution in [0.4, 0.5) is 5.69 Å². The first-order chi connectivity index (χ1) is 7.35. The largest absolute Gasteiger partial charge is 0.439 e. The molecule has 0 aliphatic rings. The maximum Gasteiger partial charge on any atom is 0.196 e. The van der Waals surface area contributed by atoms with Crippen LogP contribution < -0.4 is 5.73 Å². The molecule has 0 aliphatic carbocycles. The summed E-state index contributed by atoms with van der Waals surface area (Å²) in [4.78, 5) is 4.44. The van der Waals surface area contributed by atoms with E-state index < -0.39 is 0 Å². The first-order valence-electron chi connectivity index (χ1n) is 5.19. The van der Waals surface area contributed by atoms with Gasteiger partial charge in [-0.1, -0.05) is 20.8 Å². The van der Waals surface area contributed by atoms with Gasteiger partial charge in [-0.15, -0.1) is 0 Å². The fraction of sp³-hybridized carbons (Fsp3) is 0.417. The summed E-state index contributed by atoms with van der Waals surface area (Å²) in [5.41, 5.74) is 8.19. The number of aromatic nitrogens is 1. The number of oxazole rings is 1. The molecule has 16 heavy (non-hydrogen) atoms. The number of nitrogens with zero attached hydrogens (tertiary/aromatic N) is 1. The number of halogens is 1. The number of anilines is 1. The molecule has 0 bridgehead atoms. The van der Waals surface area contributed by atoms with Crippen LogP contribution in [0.2, 0.25) is 0 Å². The number of hydrogen-bond acceptors (Lipinski definition) is 3. The van der Waals surface area contributed by atoms with Crippen molar-refractivity contribution < 1.29 is 4.42 Å². The van der Waals surface area contributed by atoms with Crippen LogP contribution in [0, 0.1) is 5.41 Å². The van der Waals surface area contributed by atoms with Crippen LogP contribution in [0.3, 0.4) is 0 Å². The Balaban J connectivity index is 2.48. The first kappa shape index (κ1) is 11.5. The molecule has 0 amide bonds. The molecule has 0 fully saturated rings. The summed E-state index contributed by atoms with van der Waals surface area (Å²) in [5.74, 6) is 0.758. The maximum absolute atomic E-state index is 5.75. The van der Waals surface area contributed by atoms with E-state index in [9.17, 15) is 0 Å². The van der Waals surface area contributed by atoms with Crippen molar-refractivity contribution in [3.63, 3.8) is 0 Å². The standard InChI is InChI=1S/C12H15BrN2O/c1-12(2,3)6-10-15-9-5-7(14)4-8(13)11(9)16-10/h4-5H,6,14H2,1-3H3. The lowest BCUT2D eigenvalue weighted by Crippen LogP contribution is -2.09. The number of nitrogen functional groups attached to an aromatic ring is 1. The predicted octanol–water partition coefficient (Wildman–Crippen LogP) is 3.76. The van der Waals surface area contributed by atoms with Crippen LogP contribution in [-0.2, 0) is 6.42 Å². The van der Waals surface area contributed by atoms with Crippen LogP contribution in [0.1, 0.15) is 26.7 Å². The van der Waals surface area contributed by atoms with Gasteiger partial charge in [-0.3, -0.25) is 0 Å². The minimum Gasteiger partial charge on any atom is -0.439 e. The topological polar surface area (TPSA) is 52.0 Å². The summed E-state index contributed by atoms with van der Waals surface area (Å²) >= 11 is 3.43. The van der Waals surface area contributed by atoms with Crippen LogP contribution in [-0.4, -0.2) is 4.98 Å². The van der Waals surface area contributed by atoms with E-state index in [2.05, 4.69) is 41.7 Å². The normalized spacial score (nSPS) is 12.2. The second-order valence-corrected chi connectivity index (χ2v) is 6.05. The molecule has 1 heterocycles. The number of rotatable bonds is 1. The van der Waals surface area contributed by atoms with E-state index in [-0.39, 0.29) is 5.41 Å². The summed E-state index contributed by atoms with van der Waals surface area (Å²) < 4.78 is 6.57. The van der Waals surface area contributed by atoms with Crippen molar-refractivity contribution in [2.24, 2.45) is 5.41 Å². The van der Waals surface area contributed by atoms with E-state index in [1.807, 2.05) is 12.1 Å². The van der Waals surface area contributed by atoms with Crippen LogP contribution in [0.5, 0.6) is 0 Å². The second kappa shape index (κ2) is 3.77. The number of fused-ring (bicyclic) bond motifs is 1. The Morgan fingerprint density at radius 2 is 2.06 bits per heavy atom. The lowest BCUT2D eigenvalue weighted by atomic mass is 9.92. The summed E-state index contributed by atoms with van der Waals surface area (Å²) in [6.07, 6.45) is 0.814. The molecule has 1 aromatic heterocycles. The third-order valence-electron chi connectivity index (χ3n) is 2.19. The lowest BCUT2D eigenvalue weighted by molar-refractivity contribution is 0.361. The fourth-order valence-corrected chi connectivity index (χ4v) is 2.14. The SMILES string of the molecule is CC(C)(C)Cc1nc2cc(N)cc(Br)c2o1. The third kappa shape index (κ3) is 2.38. The minimum atomic E-state index is 0.166. The number of hydrogen-bond donors (Lipinski definition) is 1. The molecular weight excluding hydrogens is 268 g/mol. The molecule has 3 nitrogen and oxygen atoms in total. The van der Waals surface area contributed by atoms with E-state index in [0.29, 0.717) is 5.69 Å². The van der Waals surface area contributed by atoms with Crippen molar-refractivity contribution in [3.05, 3.63) is 22.5 Å². The lowest BCUT2D eigenvalue weighted by Gasteiger charge is -2.14. The molecule has 0 atom stereocenters. The molecule has 2 aromatic rings. The summed E-state index contributed by atoms with van der Waals surface area (Å²) in [5, 5.41) is 0. The molecule has 0 unspecified atom stereocenters. The van der Waals surface area contributed by atoms with Gasteiger partial charge in [0.2, 0.25) is 0 Å². The molecule has 0 aliphatic heterocycles. The van der Waals surface area contributed by atoms with Gasteiger partial charge in [-0.2, -0.15) is 0 Å². The van der Waals surface area contributed by atoms with Crippen molar-refractivity contribution in [1.82, 2.24) is 4.98 Å². The second-order valence-electron chi connectivity index (χ2n) is 5.20. The van der Waals surface area contributed by atoms with Gasteiger partial charge in [0.05, 0.1) is 4.47 Å². The van der Waals surface area contributed by atoms with Gasteiger partial charge in [-0.25, -0.2) is 4.98 Å². The minimum absolute atomic E-state index is 0.166. The van der Waals surface area contributed by atoms with Crippen molar-refractivity contribution in [2.75, 3.05) is 5.73 Å². The molecule has 0 radical (unpaired) electrons. The molecule has 1 aromatic carbocycles. The fourth-order valence-electron chi connectivity index (χ4n) is 1.59. The zero-order chi connectivity index (χ0) is 11.9. The highest BCUT2D eigenvalue weighted by Gasteiger charge is 2.17. The van der Waals surface area contributed by atoms with Gasteiger partial charge in [0.1, 0.15) is 5.52 Å². The highest BCUT2D eigenvalue weighted by atomic mass is 79.9. The zero-order valence-electron chi connectivity index (χ0n) is 9.67. The van der Waals surface area contributed by atoms with Gasteiger partial charge in [0.25, 0.3) is 0 Å². The average molecular weight is 283 g/mol. The van der Waals surface area contributed by atoms with Crippen molar-refractivity contribution in [3.8, 4) is 0 Å². The van der Waals surface area contributed by atoms with Gasteiger partial charge in [0, 0.05) is 12.1 Å². The van der Waals surface area contributed by atoms with Gasteiger partial charge >= 0.3 is 0 Å². The van der Waals surface area contributed by atoms with Gasteiger partial charge < -0.3 is 10.2 Å². The van der Waals surface area contributed by atoms with E-state index in [1.165, 1.54) is 0 Å². The Bertz CT molecular complexity index is 526. The molecule has 2 N–H and O–H groups in total. The van der Waals surface area contributed by atoms with E-state index in [4.69, 9.17) is 10.2 Å². The summed E-state index contributed by atoms with van der Waals surface area (Å²) in [6.45, 7) is 6.47. The Morgan fingerprint density at radius 1 is 1.38 bits per heavy atom. The molecule has 0 saturated carbocycles. The molecule has 86 valence electrons. The van der Waals surface area contributed by atoms with Crippen molar-refractivity contribution >= 4 is 32.7 Å². The van der Waals surface area contributed by atoms with Crippen LogP contribution >= 0.6 is 15.9 Å². The molecule has 0 spiro atoms. The van der Waals surface area contributed by atoms with E-state index in [1.54, 1.807) is 0 Å². The number of nitrogens with two attached hydrogens (primary N) is 1. The Morgan fingerprint density at radius 3 is 2.69 bits per heavy atom. The monoisotopic (exact) mass is 282 g/mol.